The molecular weight excluding hydrogens is 283 g/mol. The molecule has 0 radical (unpaired) electrons. The van der Waals surface area contributed by atoms with Crippen molar-refractivity contribution in [3.8, 4) is 0 Å². The number of nitro benzene ring substituents is 1. The van der Waals surface area contributed by atoms with Crippen LogP contribution in [0.5, 0.6) is 0 Å². The zero-order valence-electron chi connectivity index (χ0n) is 10.6. The van der Waals surface area contributed by atoms with E-state index in [4.69, 9.17) is 0 Å². The number of amides is 1. The smallest absolute Gasteiger partial charge is 0.270 e. The van der Waals surface area contributed by atoms with E-state index in [1.54, 1.807) is 0 Å². The number of halogens is 1. The van der Waals surface area contributed by atoms with Gasteiger partial charge in [0.2, 0.25) is 0 Å². The number of carbonyl (C=O) groups is 1. The van der Waals surface area contributed by atoms with Crippen LogP contribution in [0.15, 0.2) is 29.6 Å². The quantitative estimate of drug-likeness (QED) is 0.696. The average molecular weight is 294 g/mol. The number of benzene rings is 1. The van der Waals surface area contributed by atoms with Crippen LogP contribution in [0.3, 0.4) is 0 Å². The molecule has 1 N–H and O–H groups in total. The van der Waals surface area contributed by atoms with Gasteiger partial charge in [-0.1, -0.05) is 0 Å². The van der Waals surface area contributed by atoms with Crippen molar-refractivity contribution < 1.29 is 14.1 Å². The topological polar surface area (TPSA) is 72.2 Å². The summed E-state index contributed by atoms with van der Waals surface area (Å²) in [6.45, 7) is 2.18. The number of rotatable bonds is 4. The highest BCUT2D eigenvalue weighted by Gasteiger charge is 2.17. The fourth-order valence-electron chi connectivity index (χ4n) is 1.64. The molecule has 0 bridgehead atoms. The molecule has 1 amide bonds. The standard InChI is InChI=1S/C13H11FN2O3S/c1-8-4-5-20-12(8)7-15-13(17)10-6-9(16(18)19)2-3-11(10)14/h2-6H,7H2,1H3,(H,15,17). The van der Waals surface area contributed by atoms with Crippen molar-refractivity contribution >= 4 is 22.9 Å². The molecule has 0 aliphatic heterocycles. The molecular formula is C13H11FN2O3S. The first-order valence-electron chi connectivity index (χ1n) is 5.74. The predicted octanol–water partition coefficient (Wildman–Crippen LogP) is 3.03. The van der Waals surface area contributed by atoms with Gasteiger partial charge in [-0.15, -0.1) is 11.3 Å². The van der Waals surface area contributed by atoms with Crippen LogP contribution >= 0.6 is 11.3 Å². The van der Waals surface area contributed by atoms with E-state index in [1.807, 2.05) is 18.4 Å². The Bertz CT molecular complexity index is 669. The highest BCUT2D eigenvalue weighted by atomic mass is 32.1. The first kappa shape index (κ1) is 14.1. The Morgan fingerprint density at radius 1 is 1.45 bits per heavy atom. The maximum Gasteiger partial charge on any atom is 0.270 e. The summed E-state index contributed by atoms with van der Waals surface area (Å²) in [6, 6.07) is 4.80. The Morgan fingerprint density at radius 3 is 2.80 bits per heavy atom. The van der Waals surface area contributed by atoms with E-state index in [9.17, 15) is 19.3 Å². The molecule has 1 aromatic carbocycles. The Morgan fingerprint density at radius 2 is 2.20 bits per heavy atom. The lowest BCUT2D eigenvalue weighted by Crippen LogP contribution is -2.23. The van der Waals surface area contributed by atoms with Gasteiger partial charge in [-0.25, -0.2) is 4.39 Å². The number of nitrogens with zero attached hydrogens (tertiary/aromatic N) is 1. The van der Waals surface area contributed by atoms with E-state index in [-0.39, 0.29) is 17.8 Å². The third kappa shape index (κ3) is 3.00. The zero-order chi connectivity index (χ0) is 14.7. The van der Waals surface area contributed by atoms with Crippen LogP contribution in [0.1, 0.15) is 20.8 Å². The lowest BCUT2D eigenvalue weighted by Gasteiger charge is -2.05. The summed E-state index contributed by atoms with van der Waals surface area (Å²) in [4.78, 5) is 22.8. The number of thiophene rings is 1. The lowest BCUT2D eigenvalue weighted by molar-refractivity contribution is -0.384. The van der Waals surface area contributed by atoms with Gasteiger partial charge in [-0.2, -0.15) is 0 Å². The Labute approximate surface area is 118 Å². The number of non-ortho nitro benzene ring substituents is 1. The summed E-state index contributed by atoms with van der Waals surface area (Å²) >= 11 is 1.48. The maximum atomic E-state index is 13.5. The van der Waals surface area contributed by atoms with Crippen LogP contribution < -0.4 is 5.32 Å². The normalized spacial score (nSPS) is 10.3. The van der Waals surface area contributed by atoms with Gasteiger partial charge in [0.1, 0.15) is 5.82 Å². The van der Waals surface area contributed by atoms with Gasteiger partial charge in [0.25, 0.3) is 11.6 Å². The molecule has 7 heteroatoms. The first-order valence-corrected chi connectivity index (χ1v) is 6.62. The molecule has 0 saturated carbocycles. The van der Waals surface area contributed by atoms with Gasteiger partial charge in [-0.05, 0) is 30.0 Å². The van der Waals surface area contributed by atoms with Gasteiger partial charge in [-0.3, -0.25) is 14.9 Å². The molecule has 0 unspecified atom stereocenters. The molecule has 0 spiro atoms. The molecule has 2 rings (SSSR count). The molecule has 0 saturated heterocycles. The summed E-state index contributed by atoms with van der Waals surface area (Å²) in [6.07, 6.45) is 0. The van der Waals surface area contributed by atoms with E-state index in [0.29, 0.717) is 0 Å². The SMILES string of the molecule is Cc1ccsc1CNC(=O)c1cc([N+](=O)[O-])ccc1F. The van der Waals surface area contributed by atoms with Gasteiger partial charge < -0.3 is 5.32 Å². The van der Waals surface area contributed by atoms with Crippen molar-refractivity contribution in [2.45, 2.75) is 13.5 Å². The van der Waals surface area contributed by atoms with E-state index in [0.717, 1.165) is 28.6 Å². The highest BCUT2D eigenvalue weighted by Crippen LogP contribution is 2.18. The van der Waals surface area contributed by atoms with Crippen molar-refractivity contribution in [3.63, 3.8) is 0 Å². The minimum Gasteiger partial charge on any atom is -0.347 e. The maximum absolute atomic E-state index is 13.5. The third-order valence-electron chi connectivity index (χ3n) is 2.78. The fourth-order valence-corrected chi connectivity index (χ4v) is 2.49. The van der Waals surface area contributed by atoms with Crippen molar-refractivity contribution in [2.75, 3.05) is 0 Å². The fraction of sp³-hybridized carbons (Fsp3) is 0.154. The van der Waals surface area contributed by atoms with Crippen LogP contribution in [0.25, 0.3) is 0 Å². The zero-order valence-corrected chi connectivity index (χ0v) is 11.4. The highest BCUT2D eigenvalue weighted by molar-refractivity contribution is 7.10. The molecule has 20 heavy (non-hydrogen) atoms. The second kappa shape index (κ2) is 5.79. The molecule has 0 atom stereocenters. The summed E-state index contributed by atoms with van der Waals surface area (Å²) in [5.74, 6) is -1.45. The van der Waals surface area contributed by atoms with Crippen LogP contribution in [0.2, 0.25) is 0 Å². The number of nitro groups is 1. The molecule has 104 valence electrons. The van der Waals surface area contributed by atoms with E-state index < -0.39 is 16.6 Å². The molecule has 0 fully saturated rings. The van der Waals surface area contributed by atoms with Crippen molar-refractivity contribution in [1.82, 2.24) is 5.32 Å². The third-order valence-corrected chi connectivity index (χ3v) is 3.81. The van der Waals surface area contributed by atoms with E-state index in [1.165, 1.54) is 11.3 Å². The van der Waals surface area contributed by atoms with Gasteiger partial charge in [0.15, 0.2) is 0 Å². The molecule has 1 heterocycles. The second-order valence-corrected chi connectivity index (χ2v) is 5.13. The number of carbonyl (C=O) groups excluding carboxylic acids is 1. The van der Waals surface area contributed by atoms with Crippen LogP contribution in [0.4, 0.5) is 10.1 Å². The largest absolute Gasteiger partial charge is 0.347 e. The summed E-state index contributed by atoms with van der Waals surface area (Å²) in [5.41, 5.74) is 0.395. The van der Waals surface area contributed by atoms with Gasteiger partial charge in [0.05, 0.1) is 17.0 Å². The monoisotopic (exact) mass is 294 g/mol. The second-order valence-electron chi connectivity index (χ2n) is 4.13. The number of hydrogen-bond acceptors (Lipinski definition) is 4. The molecule has 0 aliphatic rings. The average Bonchev–Trinajstić information content (AvgIpc) is 2.81. The summed E-state index contributed by atoms with van der Waals surface area (Å²) in [5, 5.41) is 15.1. The van der Waals surface area contributed by atoms with Crippen molar-refractivity contribution in [1.29, 1.82) is 0 Å². The van der Waals surface area contributed by atoms with Crippen molar-refractivity contribution in [2.24, 2.45) is 0 Å². The molecule has 5 nitrogen and oxygen atoms in total. The summed E-state index contributed by atoms with van der Waals surface area (Å²) in [7, 11) is 0. The number of nitrogens with one attached hydrogen (secondary N) is 1. The minimum absolute atomic E-state index is 0.268. The molecule has 0 aliphatic carbocycles. The summed E-state index contributed by atoms with van der Waals surface area (Å²) < 4.78 is 13.5. The molecule has 2 aromatic rings. The first-order chi connectivity index (χ1) is 9.49. The Hall–Kier alpha value is -2.28. The van der Waals surface area contributed by atoms with Crippen LogP contribution in [0, 0.1) is 22.9 Å². The van der Waals surface area contributed by atoms with Gasteiger partial charge in [0, 0.05) is 17.0 Å². The Balaban J connectivity index is 2.15. The lowest BCUT2D eigenvalue weighted by atomic mass is 10.1. The molecule has 1 aromatic heterocycles. The van der Waals surface area contributed by atoms with Crippen LogP contribution in [-0.2, 0) is 6.54 Å². The minimum atomic E-state index is -0.781. The van der Waals surface area contributed by atoms with E-state index >= 15 is 0 Å². The van der Waals surface area contributed by atoms with E-state index in [2.05, 4.69) is 5.32 Å². The number of aryl methyl sites for hydroxylation is 1. The predicted molar refractivity (Wildman–Crippen MR) is 73.3 cm³/mol. The van der Waals surface area contributed by atoms with Gasteiger partial charge >= 0.3 is 0 Å². The van der Waals surface area contributed by atoms with Crippen molar-refractivity contribution in [3.05, 3.63) is 61.6 Å². The van der Waals surface area contributed by atoms with Crippen LogP contribution in [-0.4, -0.2) is 10.8 Å². The number of hydrogen-bond donors (Lipinski definition) is 1. The Kier molecular flexibility index (Phi) is 4.09.